The van der Waals surface area contributed by atoms with E-state index < -0.39 is 4.92 Å². The fourth-order valence-corrected chi connectivity index (χ4v) is 2.15. The van der Waals surface area contributed by atoms with Crippen molar-refractivity contribution in [2.45, 2.75) is 19.3 Å². The van der Waals surface area contributed by atoms with Crippen LogP contribution in [0.3, 0.4) is 0 Å². The molecular formula is C12H14N2O4. The molecule has 18 heavy (non-hydrogen) atoms. The predicted octanol–water partition coefficient (Wildman–Crippen LogP) is 1.90. The molecule has 1 aliphatic heterocycles. The van der Waals surface area contributed by atoms with Gasteiger partial charge in [-0.2, -0.15) is 0 Å². The average molecular weight is 250 g/mol. The summed E-state index contributed by atoms with van der Waals surface area (Å²) in [4.78, 5) is 23.8. The second-order valence-electron chi connectivity index (χ2n) is 4.22. The number of hydrogen-bond donors (Lipinski definition) is 0. The largest absolute Gasteiger partial charge is 0.490 e. The molecule has 0 saturated carbocycles. The van der Waals surface area contributed by atoms with Gasteiger partial charge in [-0.3, -0.25) is 14.9 Å². The monoisotopic (exact) mass is 250 g/mol. The Hall–Kier alpha value is -2.11. The van der Waals surface area contributed by atoms with Crippen molar-refractivity contribution in [3.63, 3.8) is 0 Å². The van der Waals surface area contributed by atoms with Gasteiger partial charge in [0.1, 0.15) is 0 Å². The van der Waals surface area contributed by atoms with Crippen LogP contribution in [0.15, 0.2) is 12.1 Å². The molecule has 0 spiro atoms. The third-order valence-corrected chi connectivity index (χ3v) is 3.15. The lowest BCUT2D eigenvalue weighted by atomic mass is 10.1. The summed E-state index contributed by atoms with van der Waals surface area (Å²) < 4.78 is 5.02. The van der Waals surface area contributed by atoms with E-state index in [-0.39, 0.29) is 17.3 Å². The molecule has 1 amide bonds. The minimum Gasteiger partial charge on any atom is -0.490 e. The Bertz CT molecular complexity index is 513. The maximum atomic E-state index is 11.7. The van der Waals surface area contributed by atoms with Crippen LogP contribution in [-0.4, -0.2) is 25.0 Å². The van der Waals surface area contributed by atoms with E-state index in [0.717, 1.165) is 5.56 Å². The molecule has 0 saturated heterocycles. The Labute approximate surface area is 104 Å². The van der Waals surface area contributed by atoms with Crippen molar-refractivity contribution in [3.05, 3.63) is 27.8 Å². The number of nitro benzene ring substituents is 1. The van der Waals surface area contributed by atoms with Gasteiger partial charge >= 0.3 is 5.69 Å². The van der Waals surface area contributed by atoms with Crippen molar-refractivity contribution < 1.29 is 14.5 Å². The number of methoxy groups -OCH3 is 1. The summed E-state index contributed by atoms with van der Waals surface area (Å²) in [6, 6.07) is 3.07. The van der Waals surface area contributed by atoms with Gasteiger partial charge < -0.3 is 9.64 Å². The van der Waals surface area contributed by atoms with E-state index in [1.807, 2.05) is 0 Å². The Kier molecular flexibility index (Phi) is 3.18. The number of carbonyl (C=O) groups excluding carboxylic acids is 1. The first-order valence-corrected chi connectivity index (χ1v) is 5.66. The first-order valence-electron chi connectivity index (χ1n) is 5.66. The summed E-state index contributed by atoms with van der Waals surface area (Å²) >= 11 is 0. The molecule has 0 N–H and O–H groups in total. The van der Waals surface area contributed by atoms with Crippen molar-refractivity contribution >= 4 is 17.3 Å². The molecule has 0 radical (unpaired) electrons. The summed E-state index contributed by atoms with van der Waals surface area (Å²) in [5.41, 5.74) is 1.45. The maximum Gasteiger partial charge on any atom is 0.311 e. The van der Waals surface area contributed by atoms with Gasteiger partial charge in [-0.15, -0.1) is 0 Å². The highest BCUT2D eigenvalue weighted by atomic mass is 16.6. The molecule has 96 valence electrons. The fraction of sp³-hybridized carbons (Fsp3) is 0.417. The van der Waals surface area contributed by atoms with Crippen molar-refractivity contribution in [2.75, 3.05) is 19.1 Å². The minimum absolute atomic E-state index is 0.0182. The number of benzene rings is 1. The van der Waals surface area contributed by atoms with Crippen LogP contribution >= 0.6 is 0 Å². The number of carbonyl (C=O) groups is 1. The molecule has 1 aromatic rings. The van der Waals surface area contributed by atoms with Crippen molar-refractivity contribution in [1.29, 1.82) is 0 Å². The smallest absolute Gasteiger partial charge is 0.311 e. The van der Waals surface area contributed by atoms with Crippen LogP contribution in [0.25, 0.3) is 0 Å². The maximum absolute atomic E-state index is 11.7. The van der Waals surface area contributed by atoms with E-state index in [9.17, 15) is 14.9 Å². The molecule has 0 unspecified atom stereocenters. The summed E-state index contributed by atoms with van der Waals surface area (Å²) in [5.74, 6) is 0.199. The number of nitro groups is 1. The lowest BCUT2D eigenvalue weighted by molar-refractivity contribution is -0.385. The molecule has 1 aromatic carbocycles. The van der Waals surface area contributed by atoms with E-state index in [2.05, 4.69) is 0 Å². The lowest BCUT2D eigenvalue weighted by Gasteiger charge is -2.18. The van der Waals surface area contributed by atoms with Gasteiger partial charge in [0.15, 0.2) is 5.75 Å². The summed E-state index contributed by atoms with van der Waals surface area (Å²) in [7, 11) is 3.06. The van der Waals surface area contributed by atoms with Crippen LogP contribution < -0.4 is 9.64 Å². The van der Waals surface area contributed by atoms with Crippen LogP contribution in [0.5, 0.6) is 5.75 Å². The number of anilines is 1. The van der Waals surface area contributed by atoms with Gasteiger partial charge in [-0.05, 0) is 18.4 Å². The van der Waals surface area contributed by atoms with E-state index in [1.165, 1.54) is 18.1 Å². The third kappa shape index (κ3) is 2.01. The molecule has 0 atom stereocenters. The highest BCUT2D eigenvalue weighted by Gasteiger charge is 2.24. The average Bonchev–Trinajstić information content (AvgIpc) is 2.49. The van der Waals surface area contributed by atoms with Gasteiger partial charge in [0.2, 0.25) is 5.91 Å². The van der Waals surface area contributed by atoms with Crippen LogP contribution in [0, 0.1) is 10.1 Å². The first-order chi connectivity index (χ1) is 8.54. The van der Waals surface area contributed by atoms with Crippen LogP contribution in [0.4, 0.5) is 11.4 Å². The third-order valence-electron chi connectivity index (χ3n) is 3.15. The van der Waals surface area contributed by atoms with Crippen LogP contribution in [0.2, 0.25) is 0 Å². The Morgan fingerprint density at radius 2 is 2.11 bits per heavy atom. The number of rotatable bonds is 2. The number of aryl methyl sites for hydroxylation is 1. The molecule has 6 heteroatoms. The number of nitrogens with zero attached hydrogens (tertiary/aromatic N) is 2. The molecule has 6 nitrogen and oxygen atoms in total. The summed E-state index contributed by atoms with van der Waals surface area (Å²) in [5, 5.41) is 10.9. The first kappa shape index (κ1) is 12.3. The van der Waals surface area contributed by atoms with Gasteiger partial charge in [0.05, 0.1) is 17.7 Å². The molecular weight excluding hydrogens is 236 g/mol. The van der Waals surface area contributed by atoms with Gasteiger partial charge in [0, 0.05) is 25.6 Å². The minimum atomic E-state index is -0.466. The topological polar surface area (TPSA) is 72.7 Å². The molecule has 0 bridgehead atoms. The van der Waals surface area contributed by atoms with Crippen LogP contribution in [-0.2, 0) is 11.2 Å². The zero-order valence-corrected chi connectivity index (χ0v) is 10.3. The second-order valence-corrected chi connectivity index (χ2v) is 4.22. The zero-order valence-electron chi connectivity index (χ0n) is 10.3. The number of hydrogen-bond acceptors (Lipinski definition) is 4. The number of amides is 1. The Morgan fingerprint density at radius 1 is 1.39 bits per heavy atom. The fourth-order valence-electron chi connectivity index (χ4n) is 2.15. The SMILES string of the molecule is COc1cc2c(cc1[N+](=O)[O-])CCCC(=O)N2C. The van der Waals surface area contributed by atoms with Crippen molar-refractivity contribution in [3.8, 4) is 5.75 Å². The standard InChI is InChI=1S/C12H14N2O4/c1-13-9-7-11(18-2)10(14(16)17)6-8(9)4-3-5-12(13)15/h6-7H,3-5H2,1-2H3. The second kappa shape index (κ2) is 4.64. The van der Waals surface area contributed by atoms with Gasteiger partial charge in [-0.25, -0.2) is 0 Å². The summed E-state index contributed by atoms with van der Waals surface area (Å²) in [6.07, 6.45) is 1.83. The molecule has 0 aromatic heterocycles. The Balaban J connectivity index is 2.59. The zero-order chi connectivity index (χ0) is 13.3. The van der Waals surface area contributed by atoms with E-state index >= 15 is 0 Å². The highest BCUT2D eigenvalue weighted by Crippen LogP contribution is 2.36. The normalized spacial score (nSPS) is 15.0. The molecule has 0 fully saturated rings. The Morgan fingerprint density at radius 3 is 2.72 bits per heavy atom. The number of ether oxygens (including phenoxy) is 1. The van der Waals surface area contributed by atoms with Gasteiger partial charge in [0.25, 0.3) is 0 Å². The predicted molar refractivity (Wildman–Crippen MR) is 66.0 cm³/mol. The number of fused-ring (bicyclic) bond motifs is 1. The summed E-state index contributed by atoms with van der Waals surface area (Å²) in [6.45, 7) is 0. The van der Waals surface area contributed by atoms with E-state index in [4.69, 9.17) is 4.74 Å². The van der Waals surface area contributed by atoms with Crippen molar-refractivity contribution in [1.82, 2.24) is 0 Å². The molecule has 0 aliphatic carbocycles. The quantitative estimate of drug-likeness (QED) is 0.593. The van der Waals surface area contributed by atoms with Gasteiger partial charge in [-0.1, -0.05) is 0 Å². The van der Waals surface area contributed by atoms with E-state index in [0.29, 0.717) is 24.9 Å². The van der Waals surface area contributed by atoms with Crippen LogP contribution in [0.1, 0.15) is 18.4 Å². The van der Waals surface area contributed by atoms with Crippen molar-refractivity contribution in [2.24, 2.45) is 0 Å². The highest BCUT2D eigenvalue weighted by molar-refractivity contribution is 5.95. The lowest BCUT2D eigenvalue weighted by Crippen LogP contribution is -2.25. The molecule has 1 heterocycles. The molecule has 1 aliphatic rings. The van der Waals surface area contributed by atoms with E-state index in [1.54, 1.807) is 13.1 Å². The molecule has 2 rings (SSSR count).